The van der Waals surface area contributed by atoms with Crippen LogP contribution in [0.1, 0.15) is 31.9 Å². The van der Waals surface area contributed by atoms with E-state index in [1.54, 1.807) is 0 Å². The summed E-state index contributed by atoms with van der Waals surface area (Å²) in [6.07, 6.45) is 2.34. The molecular formula is C21H21F3N3O2S. The Balaban J connectivity index is 2.08. The zero-order valence-corrected chi connectivity index (χ0v) is 17.0. The highest BCUT2D eigenvalue weighted by Gasteiger charge is 2.35. The van der Waals surface area contributed by atoms with Crippen LogP contribution in [0, 0.1) is 12.2 Å². The third-order valence-corrected chi connectivity index (χ3v) is 5.55. The molecule has 0 bridgehead atoms. The van der Waals surface area contributed by atoms with Crippen LogP contribution in [0.5, 0.6) is 0 Å². The van der Waals surface area contributed by atoms with Gasteiger partial charge in [-0.3, -0.25) is 0 Å². The Labute approximate surface area is 173 Å². The van der Waals surface area contributed by atoms with Gasteiger partial charge in [0.05, 0.1) is 16.3 Å². The summed E-state index contributed by atoms with van der Waals surface area (Å²) in [5, 5.41) is 9.22. The van der Waals surface area contributed by atoms with E-state index in [2.05, 4.69) is 5.10 Å². The van der Waals surface area contributed by atoms with Crippen molar-refractivity contribution < 1.29 is 21.6 Å². The normalized spacial score (nSPS) is 12.3. The number of unbranched alkanes of at least 4 members (excludes halogenated alkanes) is 2. The van der Waals surface area contributed by atoms with Gasteiger partial charge in [0.2, 0.25) is 10.0 Å². The molecule has 9 heteroatoms. The van der Waals surface area contributed by atoms with Crippen LogP contribution in [0.15, 0.2) is 59.5 Å². The van der Waals surface area contributed by atoms with E-state index in [0.717, 1.165) is 0 Å². The summed E-state index contributed by atoms with van der Waals surface area (Å²) in [7, 11) is -3.89. The lowest BCUT2D eigenvalue weighted by atomic mass is 10.1. The summed E-state index contributed by atoms with van der Waals surface area (Å²) in [5.74, 6) is -3.60. The van der Waals surface area contributed by atoms with E-state index >= 15 is 0 Å². The van der Waals surface area contributed by atoms with Crippen LogP contribution in [0.3, 0.4) is 0 Å². The summed E-state index contributed by atoms with van der Waals surface area (Å²) in [5.41, 5.74) is 0.776. The number of aromatic nitrogens is 2. The molecule has 0 aliphatic carbocycles. The first-order valence-electron chi connectivity index (χ1n) is 9.27. The highest BCUT2D eigenvalue weighted by molar-refractivity contribution is 7.89. The van der Waals surface area contributed by atoms with E-state index in [-0.39, 0.29) is 11.3 Å². The number of sulfonamides is 1. The van der Waals surface area contributed by atoms with Crippen LogP contribution in [-0.4, -0.2) is 18.2 Å². The van der Waals surface area contributed by atoms with Crippen molar-refractivity contribution >= 4 is 10.0 Å². The molecule has 0 unspecified atom stereocenters. The quantitative estimate of drug-likeness (QED) is 0.515. The fourth-order valence-electron chi connectivity index (χ4n) is 3.02. The molecule has 3 rings (SSSR count). The Morgan fingerprint density at radius 1 is 1.10 bits per heavy atom. The summed E-state index contributed by atoms with van der Waals surface area (Å²) in [6, 6.07) is 12.1. The summed E-state index contributed by atoms with van der Waals surface area (Å²) in [6.45, 7) is 1.81. The van der Waals surface area contributed by atoms with Crippen molar-refractivity contribution in [1.29, 1.82) is 0 Å². The minimum atomic E-state index is -3.89. The second-order valence-electron chi connectivity index (χ2n) is 6.88. The van der Waals surface area contributed by atoms with E-state index in [1.165, 1.54) is 59.3 Å². The molecule has 0 saturated heterocycles. The summed E-state index contributed by atoms with van der Waals surface area (Å²) < 4.78 is 67.1. The second kappa shape index (κ2) is 8.61. The number of halogens is 3. The van der Waals surface area contributed by atoms with Gasteiger partial charge in [0.25, 0.3) is 5.92 Å². The molecule has 0 atom stereocenters. The van der Waals surface area contributed by atoms with Gasteiger partial charge in [-0.25, -0.2) is 22.6 Å². The van der Waals surface area contributed by atoms with Crippen LogP contribution in [0.4, 0.5) is 13.2 Å². The number of nitrogens with two attached hydrogens (primary N) is 1. The zero-order valence-electron chi connectivity index (χ0n) is 16.2. The van der Waals surface area contributed by atoms with Crippen molar-refractivity contribution in [2.75, 3.05) is 0 Å². The van der Waals surface area contributed by atoms with E-state index in [9.17, 15) is 21.6 Å². The van der Waals surface area contributed by atoms with Crippen molar-refractivity contribution in [2.45, 2.75) is 37.0 Å². The first-order valence-corrected chi connectivity index (χ1v) is 10.8. The fourth-order valence-corrected chi connectivity index (χ4v) is 3.53. The molecule has 0 fully saturated rings. The molecule has 0 spiro atoms. The number of primary sulfonamides is 1. The highest BCUT2D eigenvalue weighted by atomic mass is 32.2. The third kappa shape index (κ3) is 4.91. The van der Waals surface area contributed by atoms with Crippen LogP contribution in [-0.2, 0) is 15.9 Å². The van der Waals surface area contributed by atoms with Crippen molar-refractivity contribution in [2.24, 2.45) is 5.14 Å². The molecule has 1 radical (unpaired) electrons. The van der Waals surface area contributed by atoms with E-state index in [1.807, 2.05) is 13.3 Å². The van der Waals surface area contributed by atoms with Gasteiger partial charge in [-0.05, 0) is 67.4 Å². The molecule has 0 amide bonds. The molecule has 2 N–H and O–H groups in total. The third-order valence-electron chi connectivity index (χ3n) is 4.62. The molecule has 2 aromatic carbocycles. The lowest BCUT2D eigenvalue weighted by molar-refractivity contribution is -0.0198. The fraction of sp³-hybridized carbons (Fsp3) is 0.238. The zero-order chi connectivity index (χ0) is 21.9. The number of hydrogen-bond donors (Lipinski definition) is 1. The lowest BCUT2D eigenvalue weighted by Gasteiger charge is -2.13. The lowest BCUT2D eigenvalue weighted by Crippen LogP contribution is -2.15. The summed E-state index contributed by atoms with van der Waals surface area (Å²) >= 11 is 0. The maximum absolute atomic E-state index is 14.7. The molecule has 0 aliphatic rings. The standard InChI is InChI=1S/C21H21F3N3O2S/c1-2-3-4-13-21(23,24)20-14-19(15-5-7-16(22)8-6-15)27(26-20)17-9-11-18(12-10-17)30(25,28)29/h2,5-12,14H,3-4,13H2,1H3,(H2,25,28,29). The van der Waals surface area contributed by atoms with Crippen LogP contribution >= 0.6 is 0 Å². The number of hydrogen-bond acceptors (Lipinski definition) is 3. The highest BCUT2D eigenvalue weighted by Crippen LogP contribution is 2.36. The molecule has 0 saturated carbocycles. The minimum Gasteiger partial charge on any atom is -0.233 e. The Hall–Kier alpha value is -2.65. The van der Waals surface area contributed by atoms with Gasteiger partial charge in [-0.15, -0.1) is 0 Å². The van der Waals surface area contributed by atoms with Gasteiger partial charge < -0.3 is 0 Å². The number of benzene rings is 2. The van der Waals surface area contributed by atoms with Gasteiger partial charge in [-0.2, -0.15) is 13.9 Å². The first-order chi connectivity index (χ1) is 14.1. The molecule has 159 valence electrons. The van der Waals surface area contributed by atoms with Crippen LogP contribution in [0.25, 0.3) is 16.9 Å². The minimum absolute atomic E-state index is 0.108. The van der Waals surface area contributed by atoms with Crippen molar-refractivity contribution in [3.8, 4) is 16.9 Å². The molecular weight excluding hydrogens is 415 g/mol. The van der Waals surface area contributed by atoms with Gasteiger partial charge in [0.1, 0.15) is 11.5 Å². The summed E-state index contributed by atoms with van der Waals surface area (Å²) in [4.78, 5) is -0.108. The Bertz CT molecular complexity index is 1110. The Morgan fingerprint density at radius 2 is 1.73 bits per heavy atom. The largest absolute Gasteiger partial charge is 0.291 e. The van der Waals surface area contributed by atoms with Gasteiger partial charge in [-0.1, -0.05) is 13.3 Å². The van der Waals surface area contributed by atoms with Gasteiger partial charge >= 0.3 is 0 Å². The van der Waals surface area contributed by atoms with E-state index in [0.29, 0.717) is 29.8 Å². The molecule has 30 heavy (non-hydrogen) atoms. The topological polar surface area (TPSA) is 78.0 Å². The van der Waals surface area contributed by atoms with E-state index < -0.39 is 27.5 Å². The smallest absolute Gasteiger partial charge is 0.233 e. The predicted molar refractivity (Wildman–Crippen MR) is 108 cm³/mol. The SMILES string of the molecule is C[CH]CCCC(F)(F)c1cc(-c2ccc(F)cc2)n(-c2ccc(S(N)(=O)=O)cc2)n1. The Kier molecular flexibility index (Phi) is 6.33. The number of rotatable bonds is 8. The van der Waals surface area contributed by atoms with Crippen molar-refractivity contribution in [1.82, 2.24) is 9.78 Å². The van der Waals surface area contributed by atoms with Gasteiger partial charge in [0.15, 0.2) is 0 Å². The molecule has 5 nitrogen and oxygen atoms in total. The maximum Gasteiger partial charge on any atom is 0.291 e. The predicted octanol–water partition coefficient (Wildman–Crippen LogP) is 4.81. The molecule has 0 aliphatic heterocycles. The maximum atomic E-state index is 14.7. The van der Waals surface area contributed by atoms with Gasteiger partial charge in [0, 0.05) is 12.0 Å². The van der Waals surface area contributed by atoms with Crippen molar-refractivity contribution in [3.63, 3.8) is 0 Å². The van der Waals surface area contributed by atoms with Crippen LogP contribution in [0.2, 0.25) is 0 Å². The molecule has 1 heterocycles. The molecule has 3 aromatic rings. The number of nitrogens with zero attached hydrogens (tertiary/aromatic N) is 2. The average molecular weight is 436 g/mol. The monoisotopic (exact) mass is 436 g/mol. The first kappa shape index (κ1) is 22.0. The van der Waals surface area contributed by atoms with Crippen LogP contribution < -0.4 is 5.14 Å². The number of alkyl halides is 2. The van der Waals surface area contributed by atoms with E-state index in [4.69, 9.17) is 5.14 Å². The second-order valence-corrected chi connectivity index (χ2v) is 8.44. The average Bonchev–Trinajstić information content (AvgIpc) is 3.14. The van der Waals surface area contributed by atoms with Crippen molar-refractivity contribution in [3.05, 3.63) is 72.5 Å². The molecule has 1 aromatic heterocycles. The Morgan fingerprint density at radius 3 is 2.30 bits per heavy atom.